The van der Waals surface area contributed by atoms with Gasteiger partial charge in [-0.15, -0.1) is 12.4 Å². The van der Waals surface area contributed by atoms with Gasteiger partial charge in [-0.05, 0) is 38.4 Å². The smallest absolute Gasteiger partial charge is 0.316 e. The van der Waals surface area contributed by atoms with E-state index < -0.39 is 16.9 Å². The van der Waals surface area contributed by atoms with Crippen LogP contribution in [0.25, 0.3) is 0 Å². The van der Waals surface area contributed by atoms with E-state index in [0.29, 0.717) is 6.42 Å². The van der Waals surface area contributed by atoms with Gasteiger partial charge in [0, 0.05) is 5.54 Å². The maximum atomic E-state index is 12.5. The van der Waals surface area contributed by atoms with Crippen LogP contribution >= 0.6 is 12.4 Å². The summed E-state index contributed by atoms with van der Waals surface area (Å²) in [5.74, 6) is -0.711. The van der Waals surface area contributed by atoms with E-state index in [9.17, 15) is 9.90 Å². The lowest BCUT2D eigenvalue weighted by Gasteiger charge is -2.52. The number of likely N-dealkylation sites (N-methyl/N-ethyl adjacent to an activating group) is 1. The van der Waals surface area contributed by atoms with Gasteiger partial charge in [0.2, 0.25) is 0 Å². The lowest BCUT2D eigenvalue weighted by atomic mass is 9.61. The molecule has 0 fully saturated rings. The molecule has 0 amide bonds. The van der Waals surface area contributed by atoms with Crippen molar-refractivity contribution in [3.05, 3.63) is 35.9 Å². The molecule has 0 saturated carbocycles. The van der Waals surface area contributed by atoms with Gasteiger partial charge in [0.1, 0.15) is 5.41 Å². The van der Waals surface area contributed by atoms with Gasteiger partial charge in [-0.25, -0.2) is 0 Å². The minimum absolute atomic E-state index is 0. The molecule has 0 spiro atoms. The zero-order valence-electron chi connectivity index (χ0n) is 15.1. The number of hydrogen-bond acceptors (Lipinski definition) is 2. The minimum atomic E-state index is -0.885. The van der Waals surface area contributed by atoms with Gasteiger partial charge in [0.15, 0.2) is 0 Å². The fraction of sp³-hybridized carbons (Fsp3) is 0.632. The molecule has 132 valence electrons. The van der Waals surface area contributed by atoms with Crippen molar-refractivity contribution in [1.82, 2.24) is 4.90 Å². The van der Waals surface area contributed by atoms with Crippen LogP contribution in [0.5, 0.6) is 0 Å². The Morgan fingerprint density at radius 2 is 1.61 bits per heavy atom. The van der Waals surface area contributed by atoms with Crippen molar-refractivity contribution >= 4 is 18.4 Å². The average molecular weight is 342 g/mol. The highest BCUT2D eigenvalue weighted by molar-refractivity contribution is 5.85. The number of carboxylic acids is 1. The SMILES string of the molecule is CCCC(C(=O)O)(c1ccccc1)C(C)(CC)N(CC)CC.Cl. The van der Waals surface area contributed by atoms with Crippen LogP contribution in [-0.2, 0) is 10.2 Å². The first-order chi connectivity index (χ1) is 10.4. The Bertz CT molecular complexity index is 476. The molecule has 0 heterocycles. The summed E-state index contributed by atoms with van der Waals surface area (Å²) in [4.78, 5) is 14.8. The van der Waals surface area contributed by atoms with Gasteiger partial charge >= 0.3 is 5.97 Å². The summed E-state index contributed by atoms with van der Waals surface area (Å²) in [6.07, 6.45) is 2.29. The number of hydrogen-bond donors (Lipinski definition) is 1. The molecule has 0 radical (unpaired) electrons. The van der Waals surface area contributed by atoms with Gasteiger partial charge < -0.3 is 5.11 Å². The molecule has 2 unspecified atom stereocenters. The van der Waals surface area contributed by atoms with Gasteiger partial charge in [-0.3, -0.25) is 9.69 Å². The largest absolute Gasteiger partial charge is 0.481 e. The van der Waals surface area contributed by atoms with Gasteiger partial charge in [-0.2, -0.15) is 0 Å². The van der Waals surface area contributed by atoms with Crippen molar-refractivity contribution < 1.29 is 9.90 Å². The number of carboxylic acid groups (broad SMARTS) is 1. The predicted octanol–water partition coefficient (Wildman–Crippen LogP) is 4.74. The van der Waals surface area contributed by atoms with Crippen molar-refractivity contribution in [2.45, 2.75) is 64.8 Å². The van der Waals surface area contributed by atoms with E-state index in [0.717, 1.165) is 31.5 Å². The number of nitrogens with zero attached hydrogens (tertiary/aromatic N) is 1. The molecule has 2 atom stereocenters. The summed E-state index contributed by atoms with van der Waals surface area (Å²) < 4.78 is 0. The van der Waals surface area contributed by atoms with Crippen LogP contribution < -0.4 is 0 Å². The highest BCUT2D eigenvalue weighted by Crippen LogP contribution is 2.45. The van der Waals surface area contributed by atoms with Crippen LogP contribution in [0.15, 0.2) is 30.3 Å². The fourth-order valence-corrected chi connectivity index (χ4v) is 4.00. The topological polar surface area (TPSA) is 40.5 Å². The fourth-order valence-electron chi connectivity index (χ4n) is 4.00. The van der Waals surface area contributed by atoms with Crippen molar-refractivity contribution in [2.75, 3.05) is 13.1 Å². The van der Waals surface area contributed by atoms with Crippen LogP contribution in [0.3, 0.4) is 0 Å². The highest BCUT2D eigenvalue weighted by atomic mass is 35.5. The Morgan fingerprint density at radius 3 is 1.96 bits per heavy atom. The van der Waals surface area contributed by atoms with Crippen molar-refractivity contribution in [3.8, 4) is 0 Å². The number of aliphatic carboxylic acids is 1. The predicted molar refractivity (Wildman–Crippen MR) is 99.5 cm³/mol. The molecule has 23 heavy (non-hydrogen) atoms. The lowest BCUT2D eigenvalue weighted by molar-refractivity contribution is -0.152. The molecular weight excluding hydrogens is 310 g/mol. The Hall–Kier alpha value is -1.06. The summed E-state index contributed by atoms with van der Waals surface area (Å²) in [5.41, 5.74) is -0.385. The molecule has 0 aliphatic carbocycles. The highest BCUT2D eigenvalue weighted by Gasteiger charge is 2.55. The molecular formula is C19H32ClNO2. The number of halogens is 1. The maximum Gasteiger partial charge on any atom is 0.316 e. The van der Waals surface area contributed by atoms with E-state index >= 15 is 0 Å². The molecule has 1 aromatic rings. The number of carbonyl (C=O) groups is 1. The Labute approximate surface area is 147 Å². The quantitative estimate of drug-likeness (QED) is 0.705. The van der Waals surface area contributed by atoms with Gasteiger partial charge in [-0.1, -0.05) is 64.4 Å². The van der Waals surface area contributed by atoms with E-state index in [1.165, 1.54) is 0 Å². The van der Waals surface area contributed by atoms with E-state index in [4.69, 9.17) is 0 Å². The van der Waals surface area contributed by atoms with Gasteiger partial charge in [0.25, 0.3) is 0 Å². The summed E-state index contributed by atoms with van der Waals surface area (Å²) in [5, 5.41) is 10.3. The van der Waals surface area contributed by atoms with Crippen molar-refractivity contribution in [1.29, 1.82) is 0 Å². The summed E-state index contributed by atoms with van der Waals surface area (Å²) in [7, 11) is 0. The zero-order valence-corrected chi connectivity index (χ0v) is 15.9. The first-order valence-corrected chi connectivity index (χ1v) is 8.48. The van der Waals surface area contributed by atoms with E-state index in [1.54, 1.807) is 0 Å². The molecule has 0 aromatic heterocycles. The Balaban J connectivity index is 0.00000484. The molecule has 0 bridgehead atoms. The molecule has 3 nitrogen and oxygen atoms in total. The standard InChI is InChI=1S/C19H31NO2.ClH/c1-6-15-19(17(21)22,16-13-11-10-12-14-16)18(5,7-2)20(8-3)9-4;/h10-14H,6-9,15H2,1-5H3,(H,21,22);1H. The second-order valence-corrected chi connectivity index (χ2v) is 6.13. The molecule has 0 saturated heterocycles. The van der Waals surface area contributed by atoms with Crippen LogP contribution in [0.4, 0.5) is 0 Å². The minimum Gasteiger partial charge on any atom is -0.481 e. The van der Waals surface area contributed by atoms with Crippen molar-refractivity contribution in [2.24, 2.45) is 0 Å². The molecule has 1 rings (SSSR count). The van der Waals surface area contributed by atoms with E-state index in [2.05, 4.69) is 39.5 Å². The van der Waals surface area contributed by atoms with Crippen LogP contribution in [0, 0.1) is 0 Å². The normalized spacial score (nSPS) is 16.3. The third-order valence-electron chi connectivity index (χ3n) is 5.33. The molecule has 4 heteroatoms. The Morgan fingerprint density at radius 1 is 1.09 bits per heavy atom. The summed E-state index contributed by atoms with van der Waals surface area (Å²) in [6.45, 7) is 12.2. The van der Waals surface area contributed by atoms with E-state index in [-0.39, 0.29) is 12.4 Å². The van der Waals surface area contributed by atoms with Crippen LogP contribution in [-0.4, -0.2) is 34.6 Å². The first kappa shape index (κ1) is 21.9. The second kappa shape index (κ2) is 9.29. The lowest BCUT2D eigenvalue weighted by Crippen LogP contribution is -2.63. The molecule has 0 aliphatic heterocycles. The molecule has 0 aliphatic rings. The van der Waals surface area contributed by atoms with Crippen molar-refractivity contribution in [3.63, 3.8) is 0 Å². The first-order valence-electron chi connectivity index (χ1n) is 8.48. The Kier molecular flexibility index (Phi) is 8.86. The van der Waals surface area contributed by atoms with Crippen LogP contribution in [0.1, 0.15) is 59.4 Å². The zero-order chi connectivity index (χ0) is 16.8. The summed E-state index contributed by atoms with van der Waals surface area (Å²) >= 11 is 0. The maximum absolute atomic E-state index is 12.5. The second-order valence-electron chi connectivity index (χ2n) is 6.13. The third kappa shape index (κ3) is 3.72. The number of rotatable bonds is 9. The molecule has 1 N–H and O–H groups in total. The number of benzene rings is 1. The van der Waals surface area contributed by atoms with E-state index in [1.807, 2.05) is 30.3 Å². The molecule has 1 aromatic carbocycles. The van der Waals surface area contributed by atoms with Gasteiger partial charge in [0.05, 0.1) is 0 Å². The average Bonchev–Trinajstić information content (AvgIpc) is 2.53. The monoisotopic (exact) mass is 341 g/mol. The summed E-state index contributed by atoms with van der Waals surface area (Å²) in [6, 6.07) is 9.78. The van der Waals surface area contributed by atoms with Crippen LogP contribution in [0.2, 0.25) is 0 Å². The third-order valence-corrected chi connectivity index (χ3v) is 5.33.